The Balaban J connectivity index is 1.30. The molecule has 264 valence electrons. The number of pyridine rings is 1. The summed E-state index contributed by atoms with van der Waals surface area (Å²) in [6, 6.07) is 30.5. The Labute approximate surface area is 300 Å². The fourth-order valence-electron chi connectivity index (χ4n) is 6.38. The third kappa shape index (κ3) is 9.44. The Morgan fingerprint density at radius 3 is 2.24 bits per heavy atom. The van der Waals surface area contributed by atoms with Gasteiger partial charge >= 0.3 is 6.09 Å². The first-order valence-corrected chi connectivity index (χ1v) is 17.7. The van der Waals surface area contributed by atoms with E-state index in [1.54, 1.807) is 0 Å². The van der Waals surface area contributed by atoms with Crippen LogP contribution in [0.2, 0.25) is 0 Å². The summed E-state index contributed by atoms with van der Waals surface area (Å²) in [5, 5.41) is 2.88. The largest absolute Gasteiger partial charge is 0.487 e. The van der Waals surface area contributed by atoms with Crippen molar-refractivity contribution in [2.75, 3.05) is 26.2 Å². The van der Waals surface area contributed by atoms with Gasteiger partial charge in [0.1, 0.15) is 23.7 Å². The van der Waals surface area contributed by atoms with E-state index < -0.39 is 5.60 Å². The molecule has 1 aliphatic rings. The van der Waals surface area contributed by atoms with Crippen LogP contribution in [0.4, 0.5) is 10.5 Å². The summed E-state index contributed by atoms with van der Waals surface area (Å²) in [7, 11) is 0. The van der Waals surface area contributed by atoms with Gasteiger partial charge in [0.05, 0.1) is 36.7 Å². The van der Waals surface area contributed by atoms with Gasteiger partial charge in [-0.1, -0.05) is 66.7 Å². The number of likely N-dealkylation sites (tertiary alicyclic amines) is 1. The van der Waals surface area contributed by atoms with E-state index in [0.717, 1.165) is 77.4 Å². The van der Waals surface area contributed by atoms with E-state index in [9.17, 15) is 4.79 Å². The van der Waals surface area contributed by atoms with E-state index in [2.05, 4.69) is 60.6 Å². The number of aromatic nitrogens is 3. The number of hydrogen-bond donors (Lipinski definition) is 1. The molecule has 10 heteroatoms. The molecular weight excluding hydrogens is 638 g/mol. The number of imidazole rings is 1. The number of alkyl carbamates (subject to hydrolysis) is 1. The Morgan fingerprint density at radius 1 is 0.902 bits per heavy atom. The lowest BCUT2D eigenvalue weighted by molar-refractivity contribution is 0.0520. The summed E-state index contributed by atoms with van der Waals surface area (Å²) in [5.41, 5.74) is 7.10. The molecule has 5 aromatic rings. The van der Waals surface area contributed by atoms with Crippen LogP contribution in [0.3, 0.4) is 0 Å². The Morgan fingerprint density at radius 2 is 1.57 bits per heavy atom. The predicted molar refractivity (Wildman–Crippen MR) is 200 cm³/mol. The second kappa shape index (κ2) is 16.1. The predicted octanol–water partition coefficient (Wildman–Crippen LogP) is 7.26. The number of rotatable bonds is 11. The summed E-state index contributed by atoms with van der Waals surface area (Å²) in [5.74, 6) is 0.753. The highest BCUT2D eigenvalue weighted by molar-refractivity contribution is 5.76. The van der Waals surface area contributed by atoms with E-state index in [1.807, 2.05) is 82.3 Å². The van der Waals surface area contributed by atoms with Crippen LogP contribution in [0.25, 0.3) is 15.9 Å². The van der Waals surface area contributed by atoms with E-state index >= 15 is 0 Å². The first-order valence-electron chi connectivity index (χ1n) is 17.7. The van der Waals surface area contributed by atoms with Crippen LogP contribution in [0.5, 0.6) is 5.75 Å². The average Bonchev–Trinajstić information content (AvgIpc) is 3.39. The molecule has 1 amide bonds. The highest BCUT2D eigenvalue weighted by atomic mass is 16.6. The zero-order valence-corrected chi connectivity index (χ0v) is 30.0. The normalized spacial score (nSPS) is 14.4. The molecule has 0 spiro atoms. The molecule has 51 heavy (non-hydrogen) atoms. The molecule has 0 atom stereocenters. The number of hydrogen-bond acceptors (Lipinski definition) is 6. The fraction of sp³-hybridized carbons (Fsp3) is 0.366. The molecule has 0 saturated carbocycles. The van der Waals surface area contributed by atoms with Crippen molar-refractivity contribution in [3.05, 3.63) is 131 Å². The molecule has 0 radical (unpaired) electrons. The molecule has 1 saturated heterocycles. The quantitative estimate of drug-likeness (QED) is 0.148. The summed E-state index contributed by atoms with van der Waals surface area (Å²) >= 11 is 0. The van der Waals surface area contributed by atoms with Crippen molar-refractivity contribution in [2.45, 2.75) is 71.9 Å². The molecule has 0 aliphatic carbocycles. The van der Waals surface area contributed by atoms with Gasteiger partial charge < -0.3 is 28.8 Å². The van der Waals surface area contributed by atoms with Crippen LogP contribution in [-0.2, 0) is 24.4 Å². The van der Waals surface area contributed by atoms with Gasteiger partial charge in [-0.25, -0.2) is 14.6 Å². The van der Waals surface area contributed by atoms with Crippen molar-refractivity contribution in [3.63, 3.8) is 0 Å². The Kier molecular flexibility index (Phi) is 11.2. The van der Waals surface area contributed by atoms with Crippen LogP contribution in [0, 0.1) is 13.5 Å². The number of fused-ring (bicyclic) bond motifs is 1. The summed E-state index contributed by atoms with van der Waals surface area (Å²) in [4.78, 5) is 28.6. The number of nitrogens with zero attached hydrogens (tertiary/aromatic N) is 6. The minimum Gasteiger partial charge on any atom is -0.487 e. The molecule has 1 aliphatic heterocycles. The highest BCUT2D eigenvalue weighted by Gasteiger charge is 2.22. The standard InChI is InChI=1S/C41H47N7O3/c1-30-15-20-38(50-29-32-11-7-6-8-12-32)35(44-30)28-48-37-14-10-9-13-36(37)47(27-31-16-18-33(42-5)19-17-31)39(48)45-34-21-24-46(25-22-34)26-23-43-40(49)51-41(2,3)4/h6-20,34H,21-29H2,1-4H3,(H,43,49)/b45-39+. The highest BCUT2D eigenvalue weighted by Crippen LogP contribution is 2.24. The minimum absolute atomic E-state index is 0.123. The topological polar surface area (TPSA) is 90.3 Å². The number of para-hydroxylation sites is 2. The molecule has 3 heterocycles. The first-order chi connectivity index (χ1) is 24.6. The molecular formula is C41H47N7O3. The maximum absolute atomic E-state index is 12.1. The number of nitrogens with one attached hydrogen (secondary N) is 1. The van der Waals surface area contributed by atoms with Crippen LogP contribution in [-0.4, -0.2) is 62.9 Å². The van der Waals surface area contributed by atoms with Crippen molar-refractivity contribution in [1.82, 2.24) is 24.3 Å². The fourth-order valence-corrected chi connectivity index (χ4v) is 6.38. The first kappa shape index (κ1) is 35.4. The van der Waals surface area contributed by atoms with E-state index in [0.29, 0.717) is 31.9 Å². The second-order valence-corrected chi connectivity index (χ2v) is 14.0. The molecule has 1 fully saturated rings. The van der Waals surface area contributed by atoms with Crippen LogP contribution >= 0.6 is 0 Å². The van der Waals surface area contributed by atoms with E-state index in [-0.39, 0.29) is 12.1 Å². The van der Waals surface area contributed by atoms with Crippen molar-refractivity contribution in [1.29, 1.82) is 0 Å². The SMILES string of the molecule is [C-]#[N+]c1ccc(Cn2/c(=N\C3CCN(CCNC(=O)OC(C)(C)C)CC3)n(Cc3nc(C)ccc3OCc3ccccc3)c3ccccc32)cc1. The smallest absolute Gasteiger partial charge is 0.407 e. The summed E-state index contributed by atoms with van der Waals surface area (Å²) in [6.45, 7) is 19.6. The summed E-state index contributed by atoms with van der Waals surface area (Å²) < 4.78 is 16.3. The number of ether oxygens (including phenoxy) is 2. The maximum Gasteiger partial charge on any atom is 0.407 e. The number of carbonyl (C=O) groups is 1. The van der Waals surface area contributed by atoms with Gasteiger partial charge in [0.15, 0.2) is 5.69 Å². The molecule has 1 N–H and O–H groups in total. The zero-order chi connectivity index (χ0) is 35.8. The van der Waals surface area contributed by atoms with Gasteiger partial charge in [0.25, 0.3) is 0 Å². The van der Waals surface area contributed by atoms with Crippen molar-refractivity contribution < 1.29 is 14.3 Å². The number of piperidine rings is 1. The average molecular weight is 686 g/mol. The van der Waals surface area contributed by atoms with Crippen molar-refractivity contribution in [3.8, 4) is 5.75 Å². The van der Waals surface area contributed by atoms with Crippen LogP contribution in [0.15, 0.2) is 96.0 Å². The maximum atomic E-state index is 12.1. The lowest BCUT2D eigenvalue weighted by Crippen LogP contribution is -2.42. The monoisotopic (exact) mass is 685 g/mol. The van der Waals surface area contributed by atoms with Gasteiger partial charge in [0, 0.05) is 31.9 Å². The molecule has 10 nitrogen and oxygen atoms in total. The molecule has 6 rings (SSSR count). The van der Waals surface area contributed by atoms with Gasteiger partial charge in [-0.15, -0.1) is 0 Å². The van der Waals surface area contributed by atoms with E-state index in [1.165, 1.54) is 0 Å². The third-order valence-electron chi connectivity index (χ3n) is 8.92. The number of benzene rings is 3. The van der Waals surface area contributed by atoms with Gasteiger partial charge in [-0.3, -0.25) is 4.98 Å². The van der Waals surface area contributed by atoms with Crippen LogP contribution in [0.1, 0.15) is 56.1 Å². The lowest BCUT2D eigenvalue weighted by atomic mass is 10.1. The number of carbonyl (C=O) groups excluding carboxylic acids is 1. The third-order valence-corrected chi connectivity index (χ3v) is 8.92. The van der Waals surface area contributed by atoms with Crippen LogP contribution < -0.4 is 15.7 Å². The van der Waals surface area contributed by atoms with Crippen molar-refractivity contribution >= 4 is 22.8 Å². The lowest BCUT2D eigenvalue weighted by Gasteiger charge is -2.30. The minimum atomic E-state index is -0.517. The second-order valence-electron chi connectivity index (χ2n) is 14.0. The van der Waals surface area contributed by atoms with Gasteiger partial charge in [-0.05, 0) is 75.9 Å². The number of aryl methyl sites for hydroxylation is 1. The Hall–Kier alpha value is -5.40. The molecule has 0 unspecified atom stereocenters. The van der Waals surface area contributed by atoms with E-state index in [4.69, 9.17) is 26.0 Å². The van der Waals surface area contributed by atoms with Crippen molar-refractivity contribution in [2.24, 2.45) is 4.99 Å². The summed E-state index contributed by atoms with van der Waals surface area (Å²) in [6.07, 6.45) is 1.43. The molecule has 3 aromatic carbocycles. The van der Waals surface area contributed by atoms with Gasteiger partial charge in [0.2, 0.25) is 5.62 Å². The van der Waals surface area contributed by atoms with Gasteiger partial charge in [-0.2, -0.15) is 0 Å². The Bertz CT molecular complexity index is 2050. The zero-order valence-electron chi connectivity index (χ0n) is 30.0. The molecule has 0 bridgehead atoms. The molecule has 2 aromatic heterocycles. The number of amides is 1.